The van der Waals surface area contributed by atoms with Crippen LogP contribution in [0.5, 0.6) is 0 Å². The number of carbonyl (C=O) groups excluding carboxylic acids is 2. The molecule has 67 heavy (non-hydrogen) atoms. The first kappa shape index (κ1) is 52.6. The van der Waals surface area contributed by atoms with E-state index in [-0.39, 0.29) is 12.2 Å². The van der Waals surface area contributed by atoms with Crippen LogP contribution >= 0.6 is 0 Å². The number of carbonyl (C=O) groups is 2. The van der Waals surface area contributed by atoms with E-state index >= 15 is 79.0 Å². The molecule has 0 radical (unpaired) electrons. The zero-order valence-corrected chi connectivity index (χ0v) is 30.6. The van der Waals surface area contributed by atoms with E-state index in [0.29, 0.717) is 0 Å². The molecule has 0 N–H and O–H groups in total. The van der Waals surface area contributed by atoms with E-state index in [2.05, 4.69) is 32.1 Å². The zero-order chi connectivity index (χ0) is 52.7. The number of hydrogen-bond donors (Lipinski definition) is 0. The lowest BCUT2D eigenvalue weighted by molar-refractivity contribution is -0.619. The Balaban J connectivity index is 1.51. The van der Waals surface area contributed by atoms with Gasteiger partial charge in [0.05, 0.1) is 19.8 Å². The molecule has 6 nitrogen and oxygen atoms in total. The summed E-state index contributed by atoms with van der Waals surface area (Å²) in [6.45, 7) is -5.93. The molecular weight excluding hydrogens is 1040 g/mol. The number of alkyl halides is 30. The van der Waals surface area contributed by atoms with Gasteiger partial charge in [0.1, 0.15) is 0 Å². The molecule has 2 unspecified atom stereocenters. The van der Waals surface area contributed by atoms with Crippen molar-refractivity contribution in [2.75, 3.05) is 19.8 Å². The third kappa shape index (κ3) is 3.88. The summed E-state index contributed by atoms with van der Waals surface area (Å²) in [5, 5.41) is 0. The quantitative estimate of drug-likeness (QED) is 0.111. The van der Waals surface area contributed by atoms with Crippen molar-refractivity contribution in [3.8, 4) is 0 Å². The molecule has 36 heteroatoms. The van der Waals surface area contributed by atoms with Crippen molar-refractivity contribution in [2.24, 2.45) is 5.41 Å². The van der Waals surface area contributed by atoms with Gasteiger partial charge in [0.25, 0.3) is 5.60 Å². The van der Waals surface area contributed by atoms with Crippen molar-refractivity contribution < 1.29 is 160 Å². The Bertz CT molecular complexity index is 1980. The Morgan fingerprint density at radius 3 is 0.821 bits per heavy atom. The first-order chi connectivity index (χ1) is 29.4. The van der Waals surface area contributed by atoms with Crippen molar-refractivity contribution in [1.29, 1.82) is 0 Å². The number of ether oxygens (including phenoxy) is 4. The van der Waals surface area contributed by atoms with Gasteiger partial charge in [-0.25, -0.2) is 62.3 Å². The zero-order valence-electron chi connectivity index (χ0n) is 30.6. The highest BCUT2D eigenvalue weighted by atomic mass is 19.4. The fourth-order valence-electron chi connectivity index (χ4n) is 9.67. The minimum atomic E-state index is -8.45. The summed E-state index contributed by atoms with van der Waals surface area (Å²) in [6, 6.07) is 0. The summed E-state index contributed by atoms with van der Waals surface area (Å²) < 4.78 is 475. The lowest BCUT2D eigenvalue weighted by atomic mass is 9.36. The van der Waals surface area contributed by atoms with Crippen LogP contribution in [-0.4, -0.2) is 155 Å². The molecule has 8 aliphatic carbocycles. The maximum atomic E-state index is 15.7. The second kappa shape index (κ2) is 12.4. The summed E-state index contributed by atoms with van der Waals surface area (Å²) in [6.07, 6.45) is -8.71. The number of halogens is 30. The molecule has 0 heterocycles. The van der Waals surface area contributed by atoms with Gasteiger partial charge < -0.3 is 18.9 Å². The highest BCUT2D eigenvalue weighted by Crippen LogP contribution is 2.92. The third-order valence-corrected chi connectivity index (χ3v) is 13.1. The van der Waals surface area contributed by atoms with Crippen LogP contribution in [-0.2, 0) is 28.5 Å². The van der Waals surface area contributed by atoms with Crippen molar-refractivity contribution >= 4 is 11.9 Å². The summed E-state index contributed by atoms with van der Waals surface area (Å²) in [5.41, 5.74) is -65.5. The van der Waals surface area contributed by atoms with E-state index in [9.17, 15) is 62.3 Å². The summed E-state index contributed by atoms with van der Waals surface area (Å²) >= 11 is 0. The molecule has 2 atom stereocenters. The molecule has 0 spiro atoms. The normalized spacial score (nSPS) is 45.1. The Morgan fingerprint density at radius 2 is 0.582 bits per heavy atom. The van der Waals surface area contributed by atoms with Gasteiger partial charge in [-0.2, -0.15) is 79.0 Å². The molecule has 384 valence electrons. The highest BCUT2D eigenvalue weighted by molar-refractivity contribution is 5.82. The molecule has 8 fully saturated rings. The van der Waals surface area contributed by atoms with E-state index in [1.165, 1.54) is 0 Å². The molecule has 0 saturated heterocycles. The summed E-state index contributed by atoms with van der Waals surface area (Å²) in [7, 11) is 0. The smallest absolute Gasteiger partial charge is 0.339 e. The average molecular weight is 1050 g/mol. The van der Waals surface area contributed by atoms with E-state index in [4.69, 9.17) is 0 Å². The minimum Gasteiger partial charge on any atom is -0.453 e. The molecule has 0 aromatic rings. The van der Waals surface area contributed by atoms with E-state index in [0.717, 1.165) is 0 Å². The third-order valence-electron chi connectivity index (χ3n) is 13.1. The van der Waals surface area contributed by atoms with Crippen molar-refractivity contribution in [2.45, 2.75) is 123 Å². The summed E-state index contributed by atoms with van der Waals surface area (Å²) in [5.74, 6) is -105. The molecule has 8 aliphatic rings. The van der Waals surface area contributed by atoms with Gasteiger partial charge in [-0.3, -0.25) is 0 Å². The molecule has 8 rings (SSSR count). The Labute approximate surface area is 346 Å². The molecule has 0 aromatic heterocycles. The van der Waals surface area contributed by atoms with Crippen molar-refractivity contribution in [3.63, 3.8) is 0 Å². The van der Waals surface area contributed by atoms with Crippen LogP contribution in [0, 0.1) is 5.41 Å². The predicted molar refractivity (Wildman–Crippen MR) is 144 cm³/mol. The van der Waals surface area contributed by atoms with Crippen molar-refractivity contribution in [1.82, 2.24) is 0 Å². The Morgan fingerprint density at radius 1 is 0.358 bits per heavy atom. The van der Waals surface area contributed by atoms with E-state index in [1.807, 2.05) is 0 Å². The van der Waals surface area contributed by atoms with Crippen LogP contribution < -0.4 is 0 Å². The fourth-order valence-corrected chi connectivity index (χ4v) is 9.67. The average Bonchev–Trinajstić information content (AvgIpc) is 3.17. The standard InChI is InChI=1S/C31H14F30O6/c1-3-10(62)66-8(5-64-7-12-20(38,39)13(32)23(44,45)14(33,21(12,40)41)25(48,49)15(34,22(12,42)43)24(13,46)47)9(67-11(63)4-2)6-65-19-29(56,57)16(35)26(50,51)17(36,30(19,58)59)28(54,55)18(37,27(16,52)53)31(19,60)61/h3-4,8-9H,1-2,5-7H2. The second-order valence-corrected chi connectivity index (χ2v) is 15.6. The highest BCUT2D eigenvalue weighted by Gasteiger charge is 3.25. The topological polar surface area (TPSA) is 71.1 Å². The van der Waals surface area contributed by atoms with Crippen LogP contribution in [0.2, 0.25) is 0 Å². The number of hydrogen-bond acceptors (Lipinski definition) is 6. The fraction of sp³-hybridized carbons (Fsp3) is 0.806. The Hall–Kier alpha value is -3.76. The van der Waals surface area contributed by atoms with Gasteiger partial charge in [0, 0.05) is 12.2 Å². The first-order valence-electron chi connectivity index (χ1n) is 16.9. The van der Waals surface area contributed by atoms with Crippen molar-refractivity contribution in [3.05, 3.63) is 25.3 Å². The molecule has 0 aliphatic heterocycles. The number of rotatable bonds is 12. The largest absolute Gasteiger partial charge is 0.453 e. The SMILES string of the molecule is C=CC(=O)OC(COCC12C(F)(F)C3(F)C(F)(F)C(F)(C(F)(F)C(F)(C3(F)F)C1(F)F)C2(F)F)C(COC12C(F)(F)C3(F)C(F)(F)C(F)(C(F)(F)C(F)(C3(F)F)C1(F)F)C2(F)F)OC(=O)C=C. The Kier molecular flexibility index (Phi) is 9.73. The summed E-state index contributed by atoms with van der Waals surface area (Å²) in [4.78, 5) is 24.2. The van der Waals surface area contributed by atoms with Crippen LogP contribution in [0.1, 0.15) is 0 Å². The van der Waals surface area contributed by atoms with Crippen LogP contribution in [0.15, 0.2) is 25.3 Å². The maximum Gasteiger partial charge on any atom is 0.339 e. The molecular formula is C31H14F30O6. The van der Waals surface area contributed by atoms with Crippen LogP contribution in [0.4, 0.5) is 132 Å². The van der Waals surface area contributed by atoms with Crippen LogP contribution in [0.25, 0.3) is 0 Å². The lowest BCUT2D eigenvalue weighted by Gasteiger charge is -2.75. The minimum absolute atomic E-state index is 0.330. The van der Waals surface area contributed by atoms with E-state index < -0.39 is 160 Å². The van der Waals surface area contributed by atoms with Gasteiger partial charge in [-0.15, -0.1) is 0 Å². The molecule has 0 aromatic carbocycles. The van der Waals surface area contributed by atoms with Crippen LogP contribution in [0.3, 0.4) is 0 Å². The second-order valence-electron chi connectivity index (χ2n) is 15.6. The van der Waals surface area contributed by atoms with Gasteiger partial charge in [-0.1, -0.05) is 13.2 Å². The molecule has 8 saturated carbocycles. The van der Waals surface area contributed by atoms with E-state index in [1.54, 1.807) is 0 Å². The molecule has 8 bridgehead atoms. The molecule has 0 amide bonds. The first-order valence-corrected chi connectivity index (χ1v) is 16.9. The van der Waals surface area contributed by atoms with Gasteiger partial charge in [0.15, 0.2) is 17.6 Å². The van der Waals surface area contributed by atoms with Gasteiger partial charge in [-0.05, 0) is 0 Å². The maximum absolute atomic E-state index is 15.7. The lowest BCUT2D eigenvalue weighted by Crippen LogP contribution is -3.10. The van der Waals surface area contributed by atoms with Gasteiger partial charge >= 0.3 is 117 Å². The predicted octanol–water partition coefficient (Wildman–Crippen LogP) is 8.90. The monoisotopic (exact) mass is 1050 g/mol. The van der Waals surface area contributed by atoms with Gasteiger partial charge in [0.2, 0.25) is 0 Å². The number of esters is 2.